The first-order valence-corrected chi connectivity index (χ1v) is 8.10. The van der Waals surface area contributed by atoms with Crippen molar-refractivity contribution in [1.82, 2.24) is 9.97 Å². The standard InChI is InChI=1S/C16H21BrN4/c1-3-5-14-15(18-4-2)20-11-21-16(14)19-10-12-6-8-13(17)9-7-12/h6-9,11H,3-5,10H2,1-2H3,(H2,18,19,20,21). The molecule has 0 aliphatic rings. The van der Waals surface area contributed by atoms with E-state index in [-0.39, 0.29) is 0 Å². The molecule has 4 nitrogen and oxygen atoms in total. The molecule has 1 aromatic carbocycles. The van der Waals surface area contributed by atoms with E-state index in [9.17, 15) is 0 Å². The Hall–Kier alpha value is -1.62. The Bertz CT molecular complexity index is 569. The second-order valence-electron chi connectivity index (χ2n) is 4.81. The molecule has 0 saturated heterocycles. The number of rotatable bonds is 7. The topological polar surface area (TPSA) is 49.8 Å². The molecule has 1 aromatic heterocycles. The van der Waals surface area contributed by atoms with Gasteiger partial charge >= 0.3 is 0 Å². The lowest BCUT2D eigenvalue weighted by Crippen LogP contribution is -2.10. The van der Waals surface area contributed by atoms with E-state index in [1.54, 1.807) is 6.33 Å². The van der Waals surface area contributed by atoms with Gasteiger partial charge in [-0.05, 0) is 31.0 Å². The molecular weight excluding hydrogens is 328 g/mol. The Labute approximate surface area is 134 Å². The summed E-state index contributed by atoms with van der Waals surface area (Å²) in [6.07, 6.45) is 3.64. The number of aromatic nitrogens is 2. The van der Waals surface area contributed by atoms with Crippen LogP contribution < -0.4 is 10.6 Å². The van der Waals surface area contributed by atoms with Crippen molar-refractivity contribution in [3.63, 3.8) is 0 Å². The minimum Gasteiger partial charge on any atom is -0.370 e. The van der Waals surface area contributed by atoms with Crippen molar-refractivity contribution in [1.29, 1.82) is 0 Å². The number of hydrogen-bond acceptors (Lipinski definition) is 4. The lowest BCUT2D eigenvalue weighted by Gasteiger charge is -2.14. The van der Waals surface area contributed by atoms with E-state index in [2.05, 4.69) is 62.5 Å². The van der Waals surface area contributed by atoms with E-state index in [0.717, 1.165) is 42.0 Å². The molecule has 0 aliphatic heterocycles. The minimum atomic E-state index is 0.757. The van der Waals surface area contributed by atoms with Crippen LogP contribution in [0.2, 0.25) is 0 Å². The molecule has 21 heavy (non-hydrogen) atoms. The molecule has 2 rings (SSSR count). The van der Waals surface area contributed by atoms with Crippen LogP contribution in [0, 0.1) is 0 Å². The fraction of sp³-hybridized carbons (Fsp3) is 0.375. The van der Waals surface area contributed by atoms with E-state index in [1.165, 1.54) is 11.1 Å². The molecule has 0 atom stereocenters. The van der Waals surface area contributed by atoms with Crippen LogP contribution >= 0.6 is 15.9 Å². The Morgan fingerprint density at radius 2 is 1.67 bits per heavy atom. The lowest BCUT2D eigenvalue weighted by molar-refractivity contribution is 0.895. The van der Waals surface area contributed by atoms with Crippen LogP contribution in [0.15, 0.2) is 35.1 Å². The van der Waals surface area contributed by atoms with Crippen LogP contribution in [0.5, 0.6) is 0 Å². The monoisotopic (exact) mass is 348 g/mol. The van der Waals surface area contributed by atoms with Crippen LogP contribution in [0.4, 0.5) is 11.6 Å². The molecule has 0 spiro atoms. The van der Waals surface area contributed by atoms with Crippen molar-refractivity contribution in [3.8, 4) is 0 Å². The third kappa shape index (κ3) is 4.43. The molecule has 0 saturated carbocycles. The highest BCUT2D eigenvalue weighted by atomic mass is 79.9. The number of anilines is 2. The van der Waals surface area contributed by atoms with Crippen LogP contribution in [0.3, 0.4) is 0 Å². The summed E-state index contributed by atoms with van der Waals surface area (Å²) in [5.41, 5.74) is 2.39. The zero-order valence-corrected chi connectivity index (χ0v) is 14.1. The van der Waals surface area contributed by atoms with E-state index in [4.69, 9.17) is 0 Å². The summed E-state index contributed by atoms with van der Waals surface area (Å²) in [5, 5.41) is 6.74. The fourth-order valence-corrected chi connectivity index (χ4v) is 2.42. The molecule has 0 amide bonds. The Morgan fingerprint density at radius 3 is 2.29 bits per heavy atom. The van der Waals surface area contributed by atoms with Gasteiger partial charge in [-0.3, -0.25) is 0 Å². The third-order valence-electron chi connectivity index (χ3n) is 3.16. The van der Waals surface area contributed by atoms with Gasteiger partial charge in [-0.1, -0.05) is 41.4 Å². The smallest absolute Gasteiger partial charge is 0.134 e. The van der Waals surface area contributed by atoms with Gasteiger partial charge in [0.05, 0.1) is 0 Å². The maximum atomic E-state index is 4.40. The van der Waals surface area contributed by atoms with Gasteiger partial charge < -0.3 is 10.6 Å². The van der Waals surface area contributed by atoms with Crippen molar-refractivity contribution >= 4 is 27.6 Å². The van der Waals surface area contributed by atoms with Gasteiger partial charge in [-0.15, -0.1) is 0 Å². The van der Waals surface area contributed by atoms with Crippen LogP contribution in [-0.2, 0) is 13.0 Å². The Morgan fingerprint density at radius 1 is 1.00 bits per heavy atom. The highest BCUT2D eigenvalue weighted by molar-refractivity contribution is 9.10. The predicted molar refractivity (Wildman–Crippen MR) is 91.7 cm³/mol. The number of nitrogens with zero attached hydrogens (tertiary/aromatic N) is 2. The molecule has 0 aliphatic carbocycles. The average molecular weight is 349 g/mol. The minimum absolute atomic E-state index is 0.757. The third-order valence-corrected chi connectivity index (χ3v) is 3.69. The van der Waals surface area contributed by atoms with Crippen LogP contribution in [-0.4, -0.2) is 16.5 Å². The molecule has 2 aromatic rings. The first-order valence-electron chi connectivity index (χ1n) is 7.30. The molecule has 0 unspecified atom stereocenters. The summed E-state index contributed by atoms with van der Waals surface area (Å²) in [6.45, 7) is 5.86. The summed E-state index contributed by atoms with van der Waals surface area (Å²) < 4.78 is 1.09. The zero-order chi connectivity index (χ0) is 15.1. The maximum Gasteiger partial charge on any atom is 0.134 e. The zero-order valence-electron chi connectivity index (χ0n) is 12.5. The predicted octanol–water partition coefficient (Wildman–Crippen LogP) is 4.24. The molecule has 1 heterocycles. The molecule has 2 N–H and O–H groups in total. The normalized spacial score (nSPS) is 10.4. The van der Waals surface area contributed by atoms with Gasteiger partial charge in [0, 0.05) is 23.1 Å². The van der Waals surface area contributed by atoms with Gasteiger partial charge in [0.2, 0.25) is 0 Å². The van der Waals surface area contributed by atoms with Gasteiger partial charge in [-0.2, -0.15) is 0 Å². The largest absolute Gasteiger partial charge is 0.370 e. The first kappa shape index (κ1) is 15.8. The van der Waals surface area contributed by atoms with Crippen molar-refractivity contribution in [2.75, 3.05) is 17.2 Å². The Balaban J connectivity index is 2.14. The summed E-state index contributed by atoms with van der Waals surface area (Å²) in [5.74, 6) is 1.86. The van der Waals surface area contributed by atoms with Gasteiger partial charge in [0.25, 0.3) is 0 Å². The highest BCUT2D eigenvalue weighted by Crippen LogP contribution is 2.22. The number of halogens is 1. The quantitative estimate of drug-likeness (QED) is 0.785. The van der Waals surface area contributed by atoms with E-state index < -0.39 is 0 Å². The second-order valence-corrected chi connectivity index (χ2v) is 5.73. The highest BCUT2D eigenvalue weighted by Gasteiger charge is 2.09. The summed E-state index contributed by atoms with van der Waals surface area (Å²) in [7, 11) is 0. The van der Waals surface area contributed by atoms with E-state index in [0.29, 0.717) is 0 Å². The molecule has 0 bridgehead atoms. The maximum absolute atomic E-state index is 4.40. The first-order chi connectivity index (χ1) is 10.2. The van der Waals surface area contributed by atoms with Crippen molar-refractivity contribution < 1.29 is 0 Å². The molecular formula is C16H21BrN4. The summed E-state index contributed by atoms with van der Waals surface area (Å²) >= 11 is 3.45. The van der Waals surface area contributed by atoms with Gasteiger partial charge in [0.15, 0.2) is 0 Å². The second kappa shape index (κ2) is 7.98. The lowest BCUT2D eigenvalue weighted by atomic mass is 10.1. The summed E-state index contributed by atoms with van der Waals surface area (Å²) in [4.78, 5) is 8.75. The number of nitrogens with one attached hydrogen (secondary N) is 2. The Kier molecular flexibility index (Phi) is 5.99. The van der Waals surface area contributed by atoms with E-state index in [1.807, 2.05) is 12.1 Å². The van der Waals surface area contributed by atoms with Gasteiger partial charge in [0.1, 0.15) is 18.0 Å². The van der Waals surface area contributed by atoms with Crippen molar-refractivity contribution in [2.45, 2.75) is 33.2 Å². The van der Waals surface area contributed by atoms with Crippen LogP contribution in [0.25, 0.3) is 0 Å². The summed E-state index contributed by atoms with van der Waals surface area (Å²) in [6, 6.07) is 8.30. The fourth-order valence-electron chi connectivity index (χ4n) is 2.16. The van der Waals surface area contributed by atoms with Crippen molar-refractivity contribution in [2.24, 2.45) is 0 Å². The molecule has 0 radical (unpaired) electrons. The number of benzene rings is 1. The average Bonchev–Trinajstić information content (AvgIpc) is 2.49. The molecule has 112 valence electrons. The van der Waals surface area contributed by atoms with Crippen molar-refractivity contribution in [3.05, 3.63) is 46.2 Å². The number of hydrogen-bond donors (Lipinski definition) is 2. The molecule has 0 fully saturated rings. The van der Waals surface area contributed by atoms with Crippen LogP contribution in [0.1, 0.15) is 31.4 Å². The SMILES string of the molecule is CCCc1c(NCC)ncnc1NCc1ccc(Br)cc1. The van der Waals surface area contributed by atoms with Gasteiger partial charge in [-0.25, -0.2) is 9.97 Å². The molecule has 5 heteroatoms. The van der Waals surface area contributed by atoms with E-state index >= 15 is 0 Å².